The first-order valence-corrected chi connectivity index (χ1v) is 12.6. The zero-order valence-corrected chi connectivity index (χ0v) is 20.8. The first kappa shape index (κ1) is 23.8. The molecule has 0 saturated carbocycles. The van der Waals surface area contributed by atoms with Crippen molar-refractivity contribution in [2.45, 2.75) is 39.3 Å². The predicted molar refractivity (Wildman–Crippen MR) is 145 cm³/mol. The highest BCUT2D eigenvalue weighted by Crippen LogP contribution is 2.32. The van der Waals surface area contributed by atoms with Crippen molar-refractivity contribution < 1.29 is 9.90 Å². The van der Waals surface area contributed by atoms with Crippen LogP contribution in [0.5, 0.6) is 5.88 Å². The van der Waals surface area contributed by atoms with Crippen LogP contribution in [-0.2, 0) is 6.54 Å². The summed E-state index contributed by atoms with van der Waals surface area (Å²) in [4.78, 5) is 23.0. The molecular weight excluding hydrogens is 448 g/mol. The first-order valence-electron chi connectivity index (χ1n) is 12.6. The van der Waals surface area contributed by atoms with Crippen molar-refractivity contribution in [3.05, 3.63) is 95.1 Å². The number of aromatic nitrogens is 1. The largest absolute Gasteiger partial charge is 0.494 e. The smallest absolute Gasteiger partial charge is 0.251 e. The van der Waals surface area contributed by atoms with Crippen molar-refractivity contribution in [2.24, 2.45) is 4.99 Å². The van der Waals surface area contributed by atoms with E-state index in [0.717, 1.165) is 23.2 Å². The molecule has 0 spiro atoms. The number of aromatic hydroxyl groups is 1. The summed E-state index contributed by atoms with van der Waals surface area (Å²) >= 11 is 0. The number of rotatable bonds is 7. The van der Waals surface area contributed by atoms with Gasteiger partial charge in [-0.3, -0.25) is 9.69 Å². The topological polar surface area (TPSA) is 80.7 Å². The van der Waals surface area contributed by atoms with Crippen LogP contribution in [0.1, 0.15) is 53.7 Å². The summed E-state index contributed by atoms with van der Waals surface area (Å²) in [6.45, 7) is 7.15. The minimum Gasteiger partial charge on any atom is -0.494 e. The van der Waals surface area contributed by atoms with Gasteiger partial charge in [-0.1, -0.05) is 48.5 Å². The van der Waals surface area contributed by atoms with Crippen molar-refractivity contribution in [1.82, 2.24) is 15.2 Å². The molecule has 1 aliphatic heterocycles. The van der Waals surface area contributed by atoms with Crippen molar-refractivity contribution in [1.29, 1.82) is 0 Å². The van der Waals surface area contributed by atoms with Crippen LogP contribution in [0, 0.1) is 0 Å². The molecule has 3 aromatic carbocycles. The Morgan fingerprint density at radius 1 is 1.00 bits per heavy atom. The lowest BCUT2D eigenvalue weighted by Crippen LogP contribution is -2.29. The lowest BCUT2D eigenvalue weighted by molar-refractivity contribution is 0.0943. The lowest BCUT2D eigenvalue weighted by atomic mass is 10.00. The molecule has 2 heterocycles. The number of likely N-dealkylation sites (tertiary alicyclic amines) is 1. The van der Waals surface area contributed by atoms with Crippen LogP contribution in [0.2, 0.25) is 0 Å². The van der Waals surface area contributed by atoms with Crippen molar-refractivity contribution in [3.63, 3.8) is 0 Å². The van der Waals surface area contributed by atoms with Gasteiger partial charge in [0.15, 0.2) is 5.88 Å². The van der Waals surface area contributed by atoms with Crippen LogP contribution >= 0.6 is 0 Å². The fourth-order valence-electron chi connectivity index (χ4n) is 4.77. The third-order valence-electron chi connectivity index (χ3n) is 6.53. The Bertz CT molecular complexity index is 1380. The van der Waals surface area contributed by atoms with E-state index in [9.17, 15) is 9.90 Å². The normalized spacial score (nSPS) is 14.6. The number of carbonyl (C=O) groups excluding carboxylic acids is 1. The second-order valence-electron chi connectivity index (χ2n) is 9.71. The average molecular weight is 481 g/mol. The average Bonchev–Trinajstić information content (AvgIpc) is 3.50. The summed E-state index contributed by atoms with van der Waals surface area (Å²) in [6, 6.07) is 23.7. The molecule has 1 amide bonds. The summed E-state index contributed by atoms with van der Waals surface area (Å²) in [5.41, 5.74) is 5.51. The van der Waals surface area contributed by atoms with E-state index in [1.807, 2.05) is 62.4 Å². The molecule has 0 unspecified atom stereocenters. The minimum absolute atomic E-state index is 0.0275. The van der Waals surface area contributed by atoms with Gasteiger partial charge in [-0.05, 0) is 69.6 Å². The quantitative estimate of drug-likeness (QED) is 0.294. The molecule has 1 saturated heterocycles. The van der Waals surface area contributed by atoms with E-state index in [2.05, 4.69) is 27.3 Å². The number of hydrogen-bond acceptors (Lipinski definition) is 4. The highest BCUT2D eigenvalue weighted by Gasteiger charge is 2.20. The highest BCUT2D eigenvalue weighted by atomic mass is 16.3. The van der Waals surface area contributed by atoms with Crippen LogP contribution < -0.4 is 5.32 Å². The molecule has 1 aromatic heterocycles. The highest BCUT2D eigenvalue weighted by molar-refractivity contribution is 6.22. The lowest BCUT2D eigenvalue weighted by Gasteiger charge is -2.14. The fourth-order valence-corrected chi connectivity index (χ4v) is 4.77. The van der Waals surface area contributed by atoms with Gasteiger partial charge in [0.05, 0.1) is 17.0 Å². The van der Waals surface area contributed by atoms with E-state index in [-0.39, 0.29) is 17.8 Å². The van der Waals surface area contributed by atoms with Gasteiger partial charge in [0, 0.05) is 34.6 Å². The van der Waals surface area contributed by atoms with E-state index in [0.29, 0.717) is 22.4 Å². The molecule has 184 valence electrons. The molecule has 3 N–H and O–H groups in total. The van der Waals surface area contributed by atoms with Crippen molar-refractivity contribution in [3.8, 4) is 5.88 Å². The Labute approximate surface area is 211 Å². The Kier molecular flexibility index (Phi) is 6.87. The second kappa shape index (κ2) is 10.4. The molecule has 5 rings (SSSR count). The molecule has 1 aliphatic rings. The monoisotopic (exact) mass is 480 g/mol. The molecule has 4 aromatic rings. The number of H-pyrrole nitrogens is 1. The van der Waals surface area contributed by atoms with E-state index >= 15 is 0 Å². The molecule has 36 heavy (non-hydrogen) atoms. The fraction of sp³-hybridized carbons (Fsp3) is 0.267. The van der Waals surface area contributed by atoms with Gasteiger partial charge in [0.2, 0.25) is 0 Å². The SMILES string of the molecule is CC(C)NC(=O)c1ccc2c(C(=Nc3ccc(CN4CCCC4)cc3)c3ccccc3)c(O)[nH]c2c1. The van der Waals surface area contributed by atoms with Gasteiger partial charge in [-0.15, -0.1) is 0 Å². The molecule has 6 heteroatoms. The van der Waals surface area contributed by atoms with Gasteiger partial charge >= 0.3 is 0 Å². The zero-order chi connectivity index (χ0) is 25.1. The Morgan fingerprint density at radius 2 is 1.72 bits per heavy atom. The maximum atomic E-state index is 12.5. The number of nitrogens with one attached hydrogen (secondary N) is 2. The van der Waals surface area contributed by atoms with Crippen molar-refractivity contribution >= 4 is 28.2 Å². The third kappa shape index (κ3) is 5.19. The summed E-state index contributed by atoms with van der Waals surface area (Å²) in [5, 5.41) is 14.7. The summed E-state index contributed by atoms with van der Waals surface area (Å²) < 4.78 is 0. The number of hydrogen-bond donors (Lipinski definition) is 3. The number of amides is 1. The number of benzene rings is 3. The van der Waals surface area contributed by atoms with Gasteiger partial charge in [0.1, 0.15) is 0 Å². The van der Waals surface area contributed by atoms with E-state index in [1.165, 1.54) is 31.5 Å². The van der Waals surface area contributed by atoms with E-state index < -0.39 is 0 Å². The van der Waals surface area contributed by atoms with Crippen molar-refractivity contribution in [2.75, 3.05) is 13.1 Å². The van der Waals surface area contributed by atoms with Crippen LogP contribution in [-0.4, -0.2) is 45.7 Å². The first-order chi connectivity index (χ1) is 17.5. The number of nitrogens with zero attached hydrogens (tertiary/aromatic N) is 2. The molecule has 0 radical (unpaired) electrons. The van der Waals surface area contributed by atoms with Crippen LogP contribution in [0.15, 0.2) is 77.8 Å². The van der Waals surface area contributed by atoms with Gasteiger partial charge in [0.25, 0.3) is 5.91 Å². The van der Waals surface area contributed by atoms with Crippen LogP contribution in [0.3, 0.4) is 0 Å². The van der Waals surface area contributed by atoms with Gasteiger partial charge in [-0.2, -0.15) is 0 Å². The maximum absolute atomic E-state index is 12.5. The van der Waals surface area contributed by atoms with E-state index in [1.54, 1.807) is 12.1 Å². The summed E-state index contributed by atoms with van der Waals surface area (Å²) in [6.07, 6.45) is 2.56. The standard InChI is InChI=1S/C30H32N4O2/c1-20(2)31-29(35)23-12-15-25-26(18-23)33-30(36)27(25)28(22-8-4-3-5-9-22)32-24-13-10-21(11-14-24)19-34-16-6-7-17-34/h3-5,8-15,18,20,33,36H,6-7,16-17,19H2,1-2H3,(H,31,35). The third-order valence-corrected chi connectivity index (χ3v) is 6.53. The predicted octanol–water partition coefficient (Wildman–Crippen LogP) is 5.78. The van der Waals surface area contributed by atoms with Crippen LogP contribution in [0.25, 0.3) is 10.9 Å². The molecular formula is C30H32N4O2. The number of aromatic amines is 1. The molecule has 1 fully saturated rings. The number of aliphatic imine (C=N–C) groups is 1. The molecule has 0 bridgehead atoms. The molecule has 0 aliphatic carbocycles. The van der Waals surface area contributed by atoms with Crippen LogP contribution in [0.4, 0.5) is 5.69 Å². The minimum atomic E-state index is -0.145. The Morgan fingerprint density at radius 3 is 2.42 bits per heavy atom. The Hall–Kier alpha value is -3.90. The summed E-state index contributed by atoms with van der Waals surface area (Å²) in [7, 11) is 0. The van der Waals surface area contributed by atoms with Gasteiger partial charge in [-0.25, -0.2) is 4.99 Å². The second-order valence-corrected chi connectivity index (χ2v) is 9.71. The Balaban J connectivity index is 1.53. The number of carbonyl (C=O) groups is 1. The zero-order valence-electron chi connectivity index (χ0n) is 20.8. The molecule has 0 atom stereocenters. The maximum Gasteiger partial charge on any atom is 0.251 e. The number of fused-ring (bicyclic) bond motifs is 1. The van der Waals surface area contributed by atoms with Gasteiger partial charge < -0.3 is 15.4 Å². The molecule has 6 nitrogen and oxygen atoms in total. The van der Waals surface area contributed by atoms with E-state index in [4.69, 9.17) is 4.99 Å². The summed E-state index contributed by atoms with van der Waals surface area (Å²) in [5.74, 6) is -0.117.